The van der Waals surface area contributed by atoms with Crippen LogP contribution in [-0.2, 0) is 17.3 Å². The second-order valence-corrected chi connectivity index (χ2v) is 7.05. The SMILES string of the molecule is Fc1ccc(CNc2cccc3c2CCNCC3(Cl)Cl)cc1F. The van der Waals surface area contributed by atoms with Crippen LogP contribution in [0.25, 0.3) is 0 Å². The number of hydrogen-bond donors (Lipinski definition) is 2. The lowest BCUT2D eigenvalue weighted by atomic mass is 10.00. The molecular weight excluding hydrogens is 341 g/mol. The van der Waals surface area contributed by atoms with Gasteiger partial charge in [0.15, 0.2) is 16.0 Å². The second kappa shape index (κ2) is 6.63. The fourth-order valence-corrected chi connectivity index (χ4v) is 3.31. The third kappa shape index (κ3) is 3.60. The molecule has 2 aromatic rings. The van der Waals surface area contributed by atoms with Crippen LogP contribution in [0.2, 0.25) is 0 Å². The normalized spacial score (nSPS) is 16.5. The predicted molar refractivity (Wildman–Crippen MR) is 90.1 cm³/mol. The monoisotopic (exact) mass is 356 g/mol. The molecule has 6 heteroatoms. The lowest BCUT2D eigenvalue weighted by Gasteiger charge is -2.22. The summed E-state index contributed by atoms with van der Waals surface area (Å²) in [5.74, 6) is -1.69. The number of hydrogen-bond acceptors (Lipinski definition) is 2. The Morgan fingerprint density at radius 2 is 1.96 bits per heavy atom. The van der Waals surface area contributed by atoms with Crippen molar-refractivity contribution in [2.45, 2.75) is 17.3 Å². The summed E-state index contributed by atoms with van der Waals surface area (Å²) in [6.07, 6.45) is 0.789. The van der Waals surface area contributed by atoms with E-state index in [1.165, 1.54) is 6.07 Å². The van der Waals surface area contributed by atoms with Gasteiger partial charge in [-0.05, 0) is 47.9 Å². The Kier molecular flexibility index (Phi) is 4.76. The summed E-state index contributed by atoms with van der Waals surface area (Å²) in [6, 6.07) is 9.63. The molecule has 2 N–H and O–H groups in total. The van der Waals surface area contributed by atoms with Gasteiger partial charge in [0.25, 0.3) is 0 Å². The molecule has 0 amide bonds. The van der Waals surface area contributed by atoms with Crippen LogP contribution in [0.3, 0.4) is 0 Å². The molecule has 1 aliphatic heterocycles. The summed E-state index contributed by atoms with van der Waals surface area (Å²) in [5.41, 5.74) is 3.49. The Morgan fingerprint density at radius 1 is 1.13 bits per heavy atom. The van der Waals surface area contributed by atoms with Gasteiger partial charge in [-0.15, -0.1) is 0 Å². The van der Waals surface area contributed by atoms with Gasteiger partial charge in [0.05, 0.1) is 0 Å². The first-order chi connectivity index (χ1) is 11.0. The average molecular weight is 357 g/mol. The van der Waals surface area contributed by atoms with E-state index in [0.29, 0.717) is 18.7 Å². The van der Waals surface area contributed by atoms with Gasteiger partial charge >= 0.3 is 0 Å². The molecule has 23 heavy (non-hydrogen) atoms. The molecule has 0 unspecified atom stereocenters. The van der Waals surface area contributed by atoms with Crippen molar-refractivity contribution < 1.29 is 8.78 Å². The van der Waals surface area contributed by atoms with Crippen molar-refractivity contribution in [2.75, 3.05) is 18.4 Å². The molecule has 0 saturated heterocycles. The molecule has 2 nitrogen and oxygen atoms in total. The van der Waals surface area contributed by atoms with Crippen molar-refractivity contribution in [3.63, 3.8) is 0 Å². The third-order valence-electron chi connectivity index (χ3n) is 3.94. The smallest absolute Gasteiger partial charge is 0.159 e. The van der Waals surface area contributed by atoms with Crippen LogP contribution >= 0.6 is 23.2 Å². The minimum atomic E-state index is -0.981. The van der Waals surface area contributed by atoms with E-state index in [-0.39, 0.29) is 0 Å². The highest BCUT2D eigenvalue weighted by molar-refractivity contribution is 6.48. The van der Waals surface area contributed by atoms with Gasteiger partial charge in [0.2, 0.25) is 0 Å². The number of benzene rings is 2. The summed E-state index contributed by atoms with van der Waals surface area (Å²) in [7, 11) is 0. The highest BCUT2D eigenvalue weighted by Gasteiger charge is 2.31. The van der Waals surface area contributed by atoms with Crippen LogP contribution in [0.5, 0.6) is 0 Å². The van der Waals surface area contributed by atoms with Crippen molar-refractivity contribution in [1.29, 1.82) is 0 Å². The van der Waals surface area contributed by atoms with E-state index in [0.717, 1.165) is 35.8 Å². The molecule has 0 aromatic heterocycles. The molecule has 0 spiro atoms. The summed E-state index contributed by atoms with van der Waals surface area (Å²) >= 11 is 12.8. The Morgan fingerprint density at radius 3 is 2.74 bits per heavy atom. The molecule has 0 bridgehead atoms. The van der Waals surface area contributed by atoms with Crippen LogP contribution in [0, 0.1) is 11.6 Å². The van der Waals surface area contributed by atoms with Crippen LogP contribution in [-0.4, -0.2) is 13.1 Å². The van der Waals surface area contributed by atoms with Gasteiger partial charge in [0.1, 0.15) is 0 Å². The summed E-state index contributed by atoms with van der Waals surface area (Å²) in [4.78, 5) is 0. The Hall–Kier alpha value is -1.36. The number of halogens is 4. The van der Waals surface area contributed by atoms with E-state index in [1.54, 1.807) is 6.07 Å². The van der Waals surface area contributed by atoms with Crippen molar-refractivity contribution in [3.8, 4) is 0 Å². The van der Waals surface area contributed by atoms with Gasteiger partial charge < -0.3 is 10.6 Å². The van der Waals surface area contributed by atoms with E-state index in [2.05, 4.69) is 10.6 Å². The van der Waals surface area contributed by atoms with Crippen molar-refractivity contribution in [3.05, 3.63) is 64.7 Å². The molecule has 1 heterocycles. The van der Waals surface area contributed by atoms with E-state index in [4.69, 9.17) is 23.2 Å². The summed E-state index contributed by atoms with van der Waals surface area (Å²) in [5, 5.41) is 6.48. The topological polar surface area (TPSA) is 24.1 Å². The lowest BCUT2D eigenvalue weighted by molar-refractivity contribution is 0.507. The second-order valence-electron chi connectivity index (χ2n) is 5.56. The number of alkyl halides is 2. The van der Waals surface area contributed by atoms with Gasteiger partial charge in [-0.25, -0.2) is 8.78 Å². The largest absolute Gasteiger partial charge is 0.381 e. The molecule has 3 rings (SSSR count). The van der Waals surface area contributed by atoms with E-state index < -0.39 is 16.0 Å². The average Bonchev–Trinajstić information content (AvgIpc) is 2.68. The highest BCUT2D eigenvalue weighted by atomic mass is 35.5. The molecule has 0 radical (unpaired) electrons. The fraction of sp³-hybridized carbons (Fsp3) is 0.294. The standard InChI is InChI=1S/C17H16Cl2F2N2/c18-17(19)10-22-7-6-12-13(17)2-1-3-16(12)23-9-11-4-5-14(20)15(21)8-11/h1-5,8,22-23H,6-7,9-10H2. The third-order valence-corrected chi connectivity index (χ3v) is 4.61. The summed E-state index contributed by atoms with van der Waals surface area (Å²) < 4.78 is 25.3. The molecule has 0 fully saturated rings. The van der Waals surface area contributed by atoms with Crippen molar-refractivity contribution in [2.24, 2.45) is 0 Å². The first-order valence-electron chi connectivity index (χ1n) is 7.36. The quantitative estimate of drug-likeness (QED) is 0.798. The highest BCUT2D eigenvalue weighted by Crippen LogP contribution is 2.39. The molecule has 2 aromatic carbocycles. The maximum absolute atomic E-state index is 13.3. The van der Waals surface area contributed by atoms with Crippen molar-refractivity contribution in [1.82, 2.24) is 5.32 Å². The maximum atomic E-state index is 13.3. The van der Waals surface area contributed by atoms with Crippen LogP contribution in [0.15, 0.2) is 36.4 Å². The van der Waals surface area contributed by atoms with E-state index in [1.807, 2.05) is 18.2 Å². The molecule has 1 aliphatic rings. The molecule has 0 aliphatic carbocycles. The molecular formula is C17H16Cl2F2N2. The van der Waals surface area contributed by atoms with E-state index in [9.17, 15) is 8.78 Å². The van der Waals surface area contributed by atoms with Crippen LogP contribution < -0.4 is 10.6 Å². The zero-order chi connectivity index (χ0) is 16.4. The molecule has 0 atom stereocenters. The first-order valence-corrected chi connectivity index (χ1v) is 8.12. The van der Waals surface area contributed by atoms with E-state index >= 15 is 0 Å². The zero-order valence-corrected chi connectivity index (χ0v) is 13.8. The summed E-state index contributed by atoms with van der Waals surface area (Å²) in [6.45, 7) is 1.65. The van der Waals surface area contributed by atoms with Gasteiger partial charge in [-0.2, -0.15) is 0 Å². The fourth-order valence-electron chi connectivity index (χ4n) is 2.77. The Balaban J connectivity index is 1.85. The lowest BCUT2D eigenvalue weighted by Crippen LogP contribution is -2.27. The Bertz CT molecular complexity index is 720. The van der Waals surface area contributed by atoms with Crippen LogP contribution in [0.1, 0.15) is 16.7 Å². The predicted octanol–water partition coefficient (Wildman–Crippen LogP) is 4.35. The van der Waals surface area contributed by atoms with Crippen LogP contribution in [0.4, 0.5) is 14.5 Å². The maximum Gasteiger partial charge on any atom is 0.159 e. The molecule has 122 valence electrons. The number of fused-ring (bicyclic) bond motifs is 1. The first kappa shape index (κ1) is 16.5. The molecule has 0 saturated carbocycles. The zero-order valence-electron chi connectivity index (χ0n) is 12.3. The minimum absolute atomic E-state index is 0.388. The minimum Gasteiger partial charge on any atom is -0.381 e. The van der Waals surface area contributed by atoms with Gasteiger partial charge in [-0.1, -0.05) is 41.4 Å². The number of nitrogens with one attached hydrogen (secondary N) is 2. The number of anilines is 1. The van der Waals surface area contributed by atoms with Crippen molar-refractivity contribution >= 4 is 28.9 Å². The van der Waals surface area contributed by atoms with Gasteiger partial charge in [0, 0.05) is 18.8 Å². The Labute approximate surface area is 143 Å². The van der Waals surface area contributed by atoms with Gasteiger partial charge in [-0.3, -0.25) is 0 Å². The number of rotatable bonds is 3.